The monoisotopic (exact) mass is 359 g/mol. The van der Waals surface area contributed by atoms with Crippen molar-refractivity contribution in [1.29, 1.82) is 0 Å². The van der Waals surface area contributed by atoms with Crippen LogP contribution in [0.3, 0.4) is 0 Å². The Hall–Kier alpha value is -3.72. The number of rotatable bonds is 2. The zero-order valence-electron chi connectivity index (χ0n) is 15.4. The van der Waals surface area contributed by atoms with Crippen molar-refractivity contribution >= 4 is 32.3 Å². The molecule has 3 heteroatoms. The summed E-state index contributed by atoms with van der Waals surface area (Å²) in [6.45, 7) is 1.98. The fourth-order valence-electron chi connectivity index (χ4n) is 4.23. The summed E-state index contributed by atoms with van der Waals surface area (Å²) in [6.07, 6.45) is 1.87. The highest BCUT2D eigenvalue weighted by Crippen LogP contribution is 2.37. The van der Waals surface area contributed by atoms with Crippen molar-refractivity contribution in [2.24, 2.45) is 0 Å². The van der Waals surface area contributed by atoms with Crippen LogP contribution in [0, 0.1) is 6.92 Å². The van der Waals surface area contributed by atoms with Crippen molar-refractivity contribution in [3.8, 4) is 22.5 Å². The molecule has 1 N–H and O–H groups in total. The third-order valence-electron chi connectivity index (χ3n) is 5.54. The molecule has 3 nitrogen and oxygen atoms in total. The number of hydrogen-bond donors (Lipinski definition) is 1. The Morgan fingerprint density at radius 2 is 1.36 bits per heavy atom. The Kier molecular flexibility index (Phi) is 3.09. The molecule has 4 aromatic carbocycles. The highest BCUT2D eigenvalue weighted by atomic mass is 15.1. The summed E-state index contributed by atoms with van der Waals surface area (Å²) in [4.78, 5) is 4.52. The first-order chi connectivity index (χ1) is 13.8. The molecule has 0 amide bonds. The van der Waals surface area contributed by atoms with Gasteiger partial charge in [-0.05, 0) is 80.7 Å². The minimum Gasteiger partial charge on any atom is -0.276 e. The topological polar surface area (TPSA) is 41.6 Å². The zero-order valence-corrected chi connectivity index (χ0v) is 15.4. The minimum absolute atomic E-state index is 0.906. The van der Waals surface area contributed by atoms with E-state index in [4.69, 9.17) is 0 Å². The van der Waals surface area contributed by atoms with Crippen molar-refractivity contribution < 1.29 is 0 Å². The Labute approximate surface area is 162 Å². The lowest BCUT2D eigenvalue weighted by atomic mass is 9.91. The summed E-state index contributed by atoms with van der Waals surface area (Å²) >= 11 is 0. The van der Waals surface area contributed by atoms with Crippen LogP contribution in [0.2, 0.25) is 0 Å². The van der Waals surface area contributed by atoms with E-state index in [-0.39, 0.29) is 0 Å². The molecule has 0 bridgehead atoms. The minimum atomic E-state index is 0.906. The van der Waals surface area contributed by atoms with E-state index in [1.807, 2.05) is 19.2 Å². The predicted molar refractivity (Wildman–Crippen MR) is 116 cm³/mol. The quantitative estimate of drug-likeness (QED) is 0.366. The SMILES string of the molecule is Cc1cc(-c2cc(-c3cc4ccc5cccc6ccc(c3)c4c56)ccn2)[nH]n1. The molecular formula is C25H17N3. The number of aryl methyl sites for hydroxylation is 1. The van der Waals surface area contributed by atoms with Gasteiger partial charge in [0.2, 0.25) is 0 Å². The van der Waals surface area contributed by atoms with Gasteiger partial charge in [-0.3, -0.25) is 10.1 Å². The highest BCUT2D eigenvalue weighted by Gasteiger charge is 2.11. The molecule has 6 rings (SSSR count). The largest absolute Gasteiger partial charge is 0.276 e. The number of benzene rings is 4. The molecule has 2 aromatic heterocycles. The van der Waals surface area contributed by atoms with Gasteiger partial charge in [0, 0.05) is 6.20 Å². The summed E-state index contributed by atoms with van der Waals surface area (Å²) in [5.41, 5.74) is 5.17. The predicted octanol–water partition coefficient (Wildman–Crippen LogP) is 6.34. The smallest absolute Gasteiger partial charge is 0.0886 e. The number of nitrogens with one attached hydrogen (secondary N) is 1. The molecule has 0 atom stereocenters. The van der Waals surface area contributed by atoms with E-state index in [0.29, 0.717) is 0 Å². The van der Waals surface area contributed by atoms with Gasteiger partial charge in [-0.25, -0.2) is 0 Å². The lowest BCUT2D eigenvalue weighted by molar-refractivity contribution is 1.04. The van der Waals surface area contributed by atoms with Gasteiger partial charge >= 0.3 is 0 Å². The molecule has 0 spiro atoms. The summed E-state index contributed by atoms with van der Waals surface area (Å²) < 4.78 is 0. The Morgan fingerprint density at radius 1 is 0.679 bits per heavy atom. The van der Waals surface area contributed by atoms with E-state index in [1.165, 1.54) is 37.9 Å². The molecule has 28 heavy (non-hydrogen) atoms. The van der Waals surface area contributed by atoms with Crippen LogP contribution in [-0.4, -0.2) is 15.2 Å². The first-order valence-corrected chi connectivity index (χ1v) is 9.43. The summed E-state index contributed by atoms with van der Waals surface area (Å²) in [6, 6.07) is 26.2. The van der Waals surface area contributed by atoms with Crippen LogP contribution < -0.4 is 0 Å². The lowest BCUT2D eigenvalue weighted by Gasteiger charge is -2.13. The highest BCUT2D eigenvalue weighted by molar-refractivity contribution is 6.23. The second-order valence-electron chi connectivity index (χ2n) is 7.36. The Bertz CT molecular complexity index is 1410. The average Bonchev–Trinajstić information content (AvgIpc) is 3.18. The van der Waals surface area contributed by atoms with Crippen LogP contribution >= 0.6 is 0 Å². The van der Waals surface area contributed by atoms with Crippen molar-refractivity contribution in [3.05, 3.63) is 84.7 Å². The molecule has 2 heterocycles. The van der Waals surface area contributed by atoms with E-state index in [9.17, 15) is 0 Å². The number of aromatic nitrogens is 3. The molecule has 0 aliphatic rings. The van der Waals surface area contributed by atoms with Crippen LogP contribution in [0.1, 0.15) is 5.69 Å². The van der Waals surface area contributed by atoms with E-state index in [2.05, 4.69) is 81.9 Å². The molecule has 0 unspecified atom stereocenters. The van der Waals surface area contributed by atoms with E-state index >= 15 is 0 Å². The van der Waals surface area contributed by atoms with Crippen LogP contribution in [0.5, 0.6) is 0 Å². The molecule has 0 aliphatic heterocycles. The van der Waals surface area contributed by atoms with Crippen LogP contribution in [0.4, 0.5) is 0 Å². The van der Waals surface area contributed by atoms with Gasteiger partial charge in [0.05, 0.1) is 17.1 Å². The van der Waals surface area contributed by atoms with E-state index < -0.39 is 0 Å². The number of H-pyrrole nitrogens is 1. The molecule has 0 saturated carbocycles. The molecule has 0 aliphatic carbocycles. The Morgan fingerprint density at radius 3 is 2.04 bits per heavy atom. The van der Waals surface area contributed by atoms with Gasteiger partial charge in [0.1, 0.15) is 0 Å². The molecule has 0 saturated heterocycles. The average molecular weight is 359 g/mol. The van der Waals surface area contributed by atoms with Crippen LogP contribution in [0.25, 0.3) is 54.8 Å². The van der Waals surface area contributed by atoms with Gasteiger partial charge in [-0.2, -0.15) is 5.10 Å². The molecule has 0 fully saturated rings. The Balaban J connectivity index is 1.59. The molecule has 6 aromatic rings. The first-order valence-electron chi connectivity index (χ1n) is 9.43. The van der Waals surface area contributed by atoms with E-state index in [0.717, 1.165) is 22.6 Å². The van der Waals surface area contributed by atoms with Crippen molar-refractivity contribution in [3.63, 3.8) is 0 Å². The maximum atomic E-state index is 4.52. The molecule has 132 valence electrons. The van der Waals surface area contributed by atoms with Gasteiger partial charge < -0.3 is 0 Å². The van der Waals surface area contributed by atoms with E-state index in [1.54, 1.807) is 0 Å². The summed E-state index contributed by atoms with van der Waals surface area (Å²) in [5.74, 6) is 0. The molecule has 0 radical (unpaired) electrons. The number of nitrogens with zero attached hydrogens (tertiary/aromatic N) is 2. The lowest BCUT2D eigenvalue weighted by Crippen LogP contribution is -1.88. The maximum absolute atomic E-state index is 4.52. The number of aromatic amines is 1. The normalized spacial score (nSPS) is 11.8. The van der Waals surface area contributed by atoms with Crippen molar-refractivity contribution in [1.82, 2.24) is 15.2 Å². The fourth-order valence-corrected chi connectivity index (χ4v) is 4.23. The number of pyridine rings is 1. The van der Waals surface area contributed by atoms with Crippen LogP contribution in [-0.2, 0) is 0 Å². The third kappa shape index (κ3) is 2.23. The van der Waals surface area contributed by atoms with Crippen LogP contribution in [0.15, 0.2) is 79.0 Å². The third-order valence-corrected chi connectivity index (χ3v) is 5.54. The van der Waals surface area contributed by atoms with Gasteiger partial charge in [0.25, 0.3) is 0 Å². The van der Waals surface area contributed by atoms with Crippen molar-refractivity contribution in [2.75, 3.05) is 0 Å². The number of hydrogen-bond acceptors (Lipinski definition) is 2. The van der Waals surface area contributed by atoms with Gasteiger partial charge in [0.15, 0.2) is 0 Å². The summed E-state index contributed by atoms with van der Waals surface area (Å²) in [7, 11) is 0. The second kappa shape index (κ2) is 5.64. The van der Waals surface area contributed by atoms with Gasteiger partial charge in [-0.15, -0.1) is 0 Å². The standard InChI is InChI=1S/C25H17N3/c1-15-11-23(28-27-15)22-14-18(9-10-26-22)21-12-19-7-5-16-3-2-4-17-6-8-20(13-21)25(19)24(16)17/h2-14H,1H3,(H,27,28). The first kappa shape index (κ1) is 15.3. The van der Waals surface area contributed by atoms with Crippen molar-refractivity contribution in [2.45, 2.75) is 6.92 Å². The fraction of sp³-hybridized carbons (Fsp3) is 0.0400. The maximum Gasteiger partial charge on any atom is 0.0886 e. The second-order valence-corrected chi connectivity index (χ2v) is 7.36. The van der Waals surface area contributed by atoms with Gasteiger partial charge in [-0.1, -0.05) is 42.5 Å². The summed E-state index contributed by atoms with van der Waals surface area (Å²) in [5, 5.41) is 15.1. The zero-order chi connectivity index (χ0) is 18.7. The molecular weight excluding hydrogens is 342 g/mol.